The van der Waals surface area contributed by atoms with E-state index in [1.54, 1.807) is 22.3 Å². The zero-order valence-electron chi connectivity index (χ0n) is 10.1. The van der Waals surface area contributed by atoms with Crippen LogP contribution in [0.15, 0.2) is 41.0 Å². The molecule has 0 unspecified atom stereocenters. The molecule has 0 nitrogen and oxygen atoms in total. The topological polar surface area (TPSA) is 0 Å². The van der Waals surface area contributed by atoms with Crippen molar-refractivity contribution in [2.75, 3.05) is 0 Å². The Balaban J connectivity index is 2.13. The van der Waals surface area contributed by atoms with Crippen LogP contribution in [-0.4, -0.2) is 0 Å². The molecule has 0 aromatic heterocycles. The van der Waals surface area contributed by atoms with Gasteiger partial charge in [0.15, 0.2) is 0 Å². The molecular weight excluding hydrogens is 192 g/mol. The largest absolute Gasteiger partial charge is 0.0660 e. The van der Waals surface area contributed by atoms with Gasteiger partial charge in [0.2, 0.25) is 0 Å². The third-order valence-electron chi connectivity index (χ3n) is 3.67. The Kier molecular flexibility index (Phi) is 2.24. The van der Waals surface area contributed by atoms with Gasteiger partial charge in [0.25, 0.3) is 0 Å². The second-order valence-corrected chi connectivity index (χ2v) is 5.02. The predicted octanol–water partition coefficient (Wildman–Crippen LogP) is 4.65. The van der Waals surface area contributed by atoms with Gasteiger partial charge in [-0.1, -0.05) is 35.4 Å². The molecule has 0 bridgehead atoms. The summed E-state index contributed by atoms with van der Waals surface area (Å²) in [6.45, 7) is 4.54. The van der Waals surface area contributed by atoms with E-state index in [0.29, 0.717) is 0 Å². The maximum atomic E-state index is 2.31. The lowest BCUT2D eigenvalue weighted by molar-refractivity contribution is 1.38. The third kappa shape index (κ3) is 1.73. The second kappa shape index (κ2) is 3.62. The standard InChI is InChI=1S/C16H18/c1-11-5-3-4-6-15(11)16(14-9-10-14)12(2)13-7-8-13/h3-6H,7-10H2,1-2H3. The van der Waals surface area contributed by atoms with Gasteiger partial charge in [-0.05, 0) is 61.8 Å². The molecule has 3 rings (SSSR count). The minimum Gasteiger partial charge on any atom is -0.0660 e. The van der Waals surface area contributed by atoms with Crippen molar-refractivity contribution in [1.29, 1.82) is 0 Å². The predicted molar refractivity (Wildman–Crippen MR) is 69.3 cm³/mol. The van der Waals surface area contributed by atoms with Crippen molar-refractivity contribution in [1.82, 2.24) is 0 Å². The molecule has 2 saturated carbocycles. The highest BCUT2D eigenvalue weighted by atomic mass is 14.3. The van der Waals surface area contributed by atoms with Crippen LogP contribution in [-0.2, 0) is 0 Å². The molecule has 16 heavy (non-hydrogen) atoms. The summed E-state index contributed by atoms with van der Waals surface area (Å²) in [5.41, 5.74) is 9.38. The Hall–Kier alpha value is -1.30. The molecular formula is C16H18. The van der Waals surface area contributed by atoms with Crippen LogP contribution in [0.3, 0.4) is 0 Å². The number of hydrogen-bond donors (Lipinski definition) is 0. The van der Waals surface area contributed by atoms with Gasteiger partial charge in [-0.15, -0.1) is 0 Å². The molecule has 2 fully saturated rings. The van der Waals surface area contributed by atoms with E-state index in [4.69, 9.17) is 0 Å². The molecule has 82 valence electrons. The highest BCUT2D eigenvalue weighted by molar-refractivity contribution is 5.85. The molecule has 0 aliphatic heterocycles. The quantitative estimate of drug-likeness (QED) is 0.666. The van der Waals surface area contributed by atoms with E-state index in [2.05, 4.69) is 38.1 Å². The first-order chi connectivity index (χ1) is 7.77. The zero-order valence-corrected chi connectivity index (χ0v) is 10.1. The van der Waals surface area contributed by atoms with Crippen LogP contribution in [0, 0.1) is 6.92 Å². The van der Waals surface area contributed by atoms with Gasteiger partial charge in [-0.3, -0.25) is 0 Å². The molecule has 2 aliphatic rings. The first-order valence-electron chi connectivity index (χ1n) is 6.24. The smallest absolute Gasteiger partial charge is 0.0153 e. The first-order valence-corrected chi connectivity index (χ1v) is 6.24. The molecule has 0 spiro atoms. The van der Waals surface area contributed by atoms with Crippen molar-refractivity contribution in [2.24, 2.45) is 0 Å². The monoisotopic (exact) mass is 210 g/mol. The molecule has 2 aliphatic carbocycles. The van der Waals surface area contributed by atoms with Crippen LogP contribution < -0.4 is 0 Å². The fourth-order valence-electron chi connectivity index (χ4n) is 2.44. The Bertz CT molecular complexity index is 489. The van der Waals surface area contributed by atoms with E-state index < -0.39 is 0 Å². The Morgan fingerprint density at radius 1 is 0.938 bits per heavy atom. The molecule has 0 saturated heterocycles. The summed E-state index contributed by atoms with van der Waals surface area (Å²) in [6, 6.07) is 8.80. The minimum atomic E-state index is 1.31. The fourth-order valence-corrected chi connectivity index (χ4v) is 2.44. The minimum absolute atomic E-state index is 1.31. The van der Waals surface area contributed by atoms with Crippen LogP contribution >= 0.6 is 0 Å². The summed E-state index contributed by atoms with van der Waals surface area (Å²) in [7, 11) is 0. The van der Waals surface area contributed by atoms with Gasteiger partial charge in [0, 0.05) is 0 Å². The summed E-state index contributed by atoms with van der Waals surface area (Å²) < 4.78 is 0. The molecule has 0 N–H and O–H groups in total. The molecule has 0 heterocycles. The van der Waals surface area contributed by atoms with Crippen LogP contribution in [0.4, 0.5) is 0 Å². The first kappa shape index (κ1) is 9.89. The van der Waals surface area contributed by atoms with Crippen LogP contribution in [0.1, 0.15) is 43.7 Å². The number of hydrogen-bond acceptors (Lipinski definition) is 0. The van der Waals surface area contributed by atoms with Crippen molar-refractivity contribution < 1.29 is 0 Å². The fraction of sp³-hybridized carbons (Fsp3) is 0.375. The zero-order chi connectivity index (χ0) is 11.1. The van der Waals surface area contributed by atoms with Crippen molar-refractivity contribution in [2.45, 2.75) is 39.5 Å². The maximum Gasteiger partial charge on any atom is -0.0153 e. The van der Waals surface area contributed by atoms with Crippen LogP contribution in [0.25, 0.3) is 5.57 Å². The Morgan fingerprint density at radius 2 is 1.56 bits per heavy atom. The maximum absolute atomic E-state index is 2.31. The van der Waals surface area contributed by atoms with Gasteiger partial charge in [0.1, 0.15) is 0 Å². The number of rotatable bonds is 2. The average Bonchev–Trinajstić information content (AvgIpc) is 3.15. The second-order valence-electron chi connectivity index (χ2n) is 5.02. The van der Waals surface area contributed by atoms with Crippen molar-refractivity contribution in [3.8, 4) is 0 Å². The van der Waals surface area contributed by atoms with Gasteiger partial charge in [0.05, 0.1) is 0 Å². The molecule has 0 radical (unpaired) electrons. The molecule has 0 atom stereocenters. The Morgan fingerprint density at radius 3 is 2.12 bits per heavy atom. The lowest BCUT2D eigenvalue weighted by atomic mass is 9.93. The normalized spacial score (nSPS) is 17.4. The molecule has 0 amide bonds. The SMILES string of the molecule is CC(=C1CC1)C(=C1CC1)c1ccccc1C. The highest BCUT2D eigenvalue weighted by Gasteiger charge is 2.25. The van der Waals surface area contributed by atoms with Crippen molar-refractivity contribution in [3.63, 3.8) is 0 Å². The summed E-state index contributed by atoms with van der Waals surface area (Å²) in [5.74, 6) is 0. The van der Waals surface area contributed by atoms with E-state index >= 15 is 0 Å². The average molecular weight is 210 g/mol. The van der Waals surface area contributed by atoms with E-state index in [1.165, 1.54) is 36.8 Å². The summed E-state index contributed by atoms with van der Waals surface area (Å²) in [6.07, 6.45) is 5.28. The van der Waals surface area contributed by atoms with Crippen LogP contribution in [0.2, 0.25) is 0 Å². The molecule has 1 aromatic carbocycles. The van der Waals surface area contributed by atoms with Crippen molar-refractivity contribution in [3.05, 3.63) is 52.1 Å². The molecule has 1 aromatic rings. The lowest BCUT2D eigenvalue weighted by Crippen LogP contribution is -1.91. The van der Waals surface area contributed by atoms with Crippen LogP contribution in [0.5, 0.6) is 0 Å². The van der Waals surface area contributed by atoms with E-state index in [0.717, 1.165) is 0 Å². The van der Waals surface area contributed by atoms with E-state index in [1.807, 2.05) is 0 Å². The third-order valence-corrected chi connectivity index (χ3v) is 3.67. The summed E-state index contributed by atoms with van der Waals surface area (Å²) in [5, 5.41) is 0. The number of allylic oxidation sites excluding steroid dienone is 4. The van der Waals surface area contributed by atoms with Gasteiger partial charge in [-0.2, -0.15) is 0 Å². The Labute approximate surface area is 97.7 Å². The van der Waals surface area contributed by atoms with Gasteiger partial charge in [-0.25, -0.2) is 0 Å². The highest BCUT2D eigenvalue weighted by Crippen LogP contribution is 2.45. The van der Waals surface area contributed by atoms with Crippen molar-refractivity contribution >= 4 is 5.57 Å². The van der Waals surface area contributed by atoms with Gasteiger partial charge >= 0.3 is 0 Å². The summed E-state index contributed by atoms with van der Waals surface area (Å²) in [4.78, 5) is 0. The number of aryl methyl sites for hydroxylation is 1. The lowest BCUT2D eigenvalue weighted by Gasteiger charge is -2.11. The molecule has 0 heteroatoms. The van der Waals surface area contributed by atoms with E-state index in [-0.39, 0.29) is 0 Å². The summed E-state index contributed by atoms with van der Waals surface area (Å²) >= 11 is 0. The van der Waals surface area contributed by atoms with Gasteiger partial charge < -0.3 is 0 Å². The number of benzene rings is 1. The van der Waals surface area contributed by atoms with E-state index in [9.17, 15) is 0 Å².